The van der Waals surface area contributed by atoms with Crippen LogP contribution < -0.4 is 10.1 Å². The summed E-state index contributed by atoms with van der Waals surface area (Å²) < 4.78 is 18.3. The molecule has 0 aliphatic heterocycles. The highest BCUT2D eigenvalue weighted by Crippen LogP contribution is 2.20. The molecule has 0 unspecified atom stereocenters. The van der Waals surface area contributed by atoms with Gasteiger partial charge in [-0.3, -0.25) is 0 Å². The van der Waals surface area contributed by atoms with Crippen molar-refractivity contribution in [3.63, 3.8) is 0 Å². The first kappa shape index (κ1) is 13.9. The smallest absolute Gasteiger partial charge is 0.123 e. The molecule has 0 radical (unpaired) electrons. The molecule has 1 rings (SSSR count). The molecule has 0 bridgehead atoms. The molecule has 0 amide bonds. The summed E-state index contributed by atoms with van der Waals surface area (Å²) in [5.41, 5.74) is 0.588. The van der Waals surface area contributed by atoms with E-state index in [1.54, 1.807) is 13.2 Å². The second-order valence-corrected chi connectivity index (χ2v) is 4.67. The first-order valence-corrected chi connectivity index (χ1v) is 5.67. The Bertz CT molecular complexity index is 366. The third kappa shape index (κ3) is 4.32. The maximum atomic E-state index is 13.1. The van der Waals surface area contributed by atoms with E-state index in [1.807, 2.05) is 13.8 Å². The highest BCUT2D eigenvalue weighted by molar-refractivity contribution is 5.33. The predicted octanol–water partition coefficient (Wildman–Crippen LogP) is 2.08. The van der Waals surface area contributed by atoms with Crippen LogP contribution in [0.15, 0.2) is 18.2 Å². The molecule has 17 heavy (non-hydrogen) atoms. The molecule has 0 heterocycles. The van der Waals surface area contributed by atoms with Gasteiger partial charge in [0.1, 0.15) is 11.6 Å². The molecular weight excluding hydrogens is 221 g/mol. The molecule has 0 aliphatic rings. The third-order valence-corrected chi connectivity index (χ3v) is 2.74. The van der Waals surface area contributed by atoms with Crippen molar-refractivity contribution >= 4 is 0 Å². The van der Waals surface area contributed by atoms with Gasteiger partial charge in [0.2, 0.25) is 0 Å². The molecule has 4 heteroatoms. The van der Waals surface area contributed by atoms with Gasteiger partial charge < -0.3 is 15.2 Å². The minimum Gasteiger partial charge on any atom is -0.496 e. The van der Waals surface area contributed by atoms with Crippen molar-refractivity contribution in [3.05, 3.63) is 29.6 Å². The Kier molecular flexibility index (Phi) is 4.90. The highest BCUT2D eigenvalue weighted by Gasteiger charge is 2.16. The number of aliphatic hydroxyl groups is 1. The Labute approximate surface area is 102 Å². The van der Waals surface area contributed by atoms with E-state index in [4.69, 9.17) is 9.84 Å². The van der Waals surface area contributed by atoms with E-state index in [-0.39, 0.29) is 18.0 Å². The lowest BCUT2D eigenvalue weighted by Gasteiger charge is -2.26. The Balaban J connectivity index is 2.71. The molecular formula is C13H20FNO2. The van der Waals surface area contributed by atoms with Gasteiger partial charge in [0.05, 0.1) is 7.11 Å². The van der Waals surface area contributed by atoms with E-state index >= 15 is 0 Å². The van der Waals surface area contributed by atoms with E-state index < -0.39 is 0 Å². The molecule has 96 valence electrons. The number of ether oxygens (including phenoxy) is 1. The number of rotatable bonds is 6. The number of halogens is 1. The number of nitrogens with one attached hydrogen (secondary N) is 1. The third-order valence-electron chi connectivity index (χ3n) is 2.74. The molecule has 0 fully saturated rings. The van der Waals surface area contributed by atoms with Crippen LogP contribution in [-0.2, 0) is 6.54 Å². The topological polar surface area (TPSA) is 41.5 Å². The Hall–Kier alpha value is -1.13. The number of benzene rings is 1. The van der Waals surface area contributed by atoms with Crippen molar-refractivity contribution in [2.24, 2.45) is 0 Å². The van der Waals surface area contributed by atoms with Crippen molar-refractivity contribution < 1.29 is 14.2 Å². The Morgan fingerprint density at radius 3 is 2.71 bits per heavy atom. The SMILES string of the molecule is COc1ccc(F)cc1CNC(C)(C)CCO. The van der Waals surface area contributed by atoms with Crippen LogP contribution in [0.1, 0.15) is 25.8 Å². The number of hydrogen-bond acceptors (Lipinski definition) is 3. The average molecular weight is 241 g/mol. The van der Waals surface area contributed by atoms with E-state index in [0.29, 0.717) is 18.7 Å². The molecule has 0 aliphatic carbocycles. The quantitative estimate of drug-likeness (QED) is 0.801. The average Bonchev–Trinajstić information content (AvgIpc) is 2.27. The van der Waals surface area contributed by atoms with Crippen molar-refractivity contribution in [1.29, 1.82) is 0 Å². The zero-order chi connectivity index (χ0) is 12.9. The van der Waals surface area contributed by atoms with Crippen molar-refractivity contribution in [3.8, 4) is 5.75 Å². The first-order chi connectivity index (χ1) is 7.98. The lowest BCUT2D eigenvalue weighted by molar-refractivity contribution is 0.229. The lowest BCUT2D eigenvalue weighted by Crippen LogP contribution is -2.39. The summed E-state index contributed by atoms with van der Waals surface area (Å²) in [5, 5.41) is 12.2. The van der Waals surface area contributed by atoms with Crippen LogP contribution in [0.2, 0.25) is 0 Å². The Morgan fingerprint density at radius 2 is 2.12 bits per heavy atom. The van der Waals surface area contributed by atoms with Crippen molar-refractivity contribution in [2.75, 3.05) is 13.7 Å². The largest absolute Gasteiger partial charge is 0.496 e. The number of hydrogen-bond donors (Lipinski definition) is 2. The second kappa shape index (κ2) is 5.98. The fourth-order valence-corrected chi connectivity index (χ4v) is 1.59. The number of methoxy groups -OCH3 is 1. The maximum Gasteiger partial charge on any atom is 0.123 e. The number of aliphatic hydroxyl groups excluding tert-OH is 1. The monoisotopic (exact) mass is 241 g/mol. The fraction of sp³-hybridized carbons (Fsp3) is 0.538. The second-order valence-electron chi connectivity index (χ2n) is 4.67. The van der Waals surface area contributed by atoms with Crippen LogP contribution in [0.25, 0.3) is 0 Å². The van der Waals surface area contributed by atoms with Gasteiger partial charge in [-0.2, -0.15) is 0 Å². The van der Waals surface area contributed by atoms with Crippen LogP contribution in [0.3, 0.4) is 0 Å². The van der Waals surface area contributed by atoms with Gasteiger partial charge in [-0.15, -0.1) is 0 Å². The summed E-state index contributed by atoms with van der Waals surface area (Å²) in [6.07, 6.45) is 0.643. The minimum absolute atomic E-state index is 0.125. The minimum atomic E-state index is -0.275. The lowest BCUT2D eigenvalue weighted by atomic mass is 10.0. The maximum absolute atomic E-state index is 13.1. The van der Waals surface area contributed by atoms with Crippen LogP contribution in [0.5, 0.6) is 5.75 Å². The summed E-state index contributed by atoms with van der Waals surface area (Å²) in [6, 6.07) is 4.45. The zero-order valence-corrected chi connectivity index (χ0v) is 10.6. The van der Waals surface area contributed by atoms with Gasteiger partial charge in [0.15, 0.2) is 0 Å². The van der Waals surface area contributed by atoms with E-state index in [0.717, 1.165) is 5.56 Å². The van der Waals surface area contributed by atoms with E-state index in [2.05, 4.69) is 5.32 Å². The molecule has 1 aromatic carbocycles. The summed E-state index contributed by atoms with van der Waals surface area (Å²) in [6.45, 7) is 4.62. The van der Waals surface area contributed by atoms with Crippen LogP contribution in [0, 0.1) is 5.82 Å². The predicted molar refractivity (Wildman–Crippen MR) is 65.6 cm³/mol. The van der Waals surface area contributed by atoms with Gasteiger partial charge in [-0.1, -0.05) is 0 Å². The van der Waals surface area contributed by atoms with Gasteiger partial charge in [-0.25, -0.2) is 4.39 Å². The summed E-state index contributed by atoms with van der Waals surface area (Å²) >= 11 is 0. The molecule has 0 saturated carbocycles. The summed E-state index contributed by atoms with van der Waals surface area (Å²) in [4.78, 5) is 0. The van der Waals surface area contributed by atoms with Crippen LogP contribution in [0.4, 0.5) is 4.39 Å². The van der Waals surface area contributed by atoms with Crippen LogP contribution >= 0.6 is 0 Å². The van der Waals surface area contributed by atoms with Gasteiger partial charge in [0, 0.05) is 24.3 Å². The summed E-state index contributed by atoms with van der Waals surface area (Å²) in [7, 11) is 1.57. The van der Waals surface area contributed by atoms with Gasteiger partial charge in [-0.05, 0) is 38.5 Å². The van der Waals surface area contributed by atoms with E-state index in [1.165, 1.54) is 12.1 Å². The molecule has 2 N–H and O–H groups in total. The van der Waals surface area contributed by atoms with E-state index in [9.17, 15) is 4.39 Å². The molecule has 0 aromatic heterocycles. The highest BCUT2D eigenvalue weighted by atomic mass is 19.1. The van der Waals surface area contributed by atoms with Crippen molar-refractivity contribution in [1.82, 2.24) is 5.32 Å². The standard InChI is InChI=1S/C13H20FNO2/c1-13(2,6-7-16)15-9-10-8-11(14)4-5-12(10)17-3/h4-5,8,15-16H,6-7,9H2,1-3H3. The van der Waals surface area contributed by atoms with Crippen molar-refractivity contribution in [2.45, 2.75) is 32.4 Å². The zero-order valence-electron chi connectivity index (χ0n) is 10.6. The Morgan fingerprint density at radius 1 is 1.41 bits per heavy atom. The normalized spacial score (nSPS) is 11.6. The molecule has 0 spiro atoms. The summed E-state index contributed by atoms with van der Waals surface area (Å²) in [5.74, 6) is 0.390. The fourth-order valence-electron chi connectivity index (χ4n) is 1.59. The molecule has 1 aromatic rings. The van der Waals surface area contributed by atoms with Crippen LogP contribution in [-0.4, -0.2) is 24.4 Å². The van der Waals surface area contributed by atoms with Gasteiger partial charge >= 0.3 is 0 Å². The first-order valence-electron chi connectivity index (χ1n) is 5.67. The molecule has 0 saturated heterocycles. The molecule has 0 atom stereocenters. The van der Waals surface area contributed by atoms with Gasteiger partial charge in [0.25, 0.3) is 0 Å². The molecule has 3 nitrogen and oxygen atoms in total.